The van der Waals surface area contributed by atoms with Gasteiger partial charge in [0.1, 0.15) is 5.75 Å². The molecule has 3 heteroatoms. The molecule has 19 heavy (non-hydrogen) atoms. The Kier molecular flexibility index (Phi) is 3.75. The van der Waals surface area contributed by atoms with Crippen molar-refractivity contribution in [3.8, 4) is 11.8 Å². The Morgan fingerprint density at radius 1 is 1.05 bits per heavy atom. The van der Waals surface area contributed by atoms with Crippen LogP contribution in [0.5, 0.6) is 5.75 Å². The van der Waals surface area contributed by atoms with E-state index in [0.717, 1.165) is 5.56 Å². The molecule has 3 nitrogen and oxygen atoms in total. The van der Waals surface area contributed by atoms with Gasteiger partial charge < -0.3 is 5.11 Å². The first-order valence-corrected chi connectivity index (χ1v) is 5.70. The minimum Gasteiger partial charge on any atom is -0.508 e. The quantitative estimate of drug-likeness (QED) is 0.671. The summed E-state index contributed by atoms with van der Waals surface area (Å²) in [5.74, 6) is 0.0631. The van der Waals surface area contributed by atoms with Gasteiger partial charge >= 0.3 is 0 Å². The highest BCUT2D eigenvalue weighted by atomic mass is 16.3. The molecule has 2 rings (SSSR count). The summed E-state index contributed by atoms with van der Waals surface area (Å²) in [5, 5.41) is 17.8. The first-order chi connectivity index (χ1) is 9.19. The molecule has 0 saturated carbocycles. The zero-order chi connectivity index (χ0) is 13.7. The maximum Gasteiger partial charge on any atom is 0.185 e. The summed E-state index contributed by atoms with van der Waals surface area (Å²) in [6.07, 6.45) is 3.15. The fraction of sp³-hybridized carbons (Fsp3) is 0. The predicted octanol–water partition coefficient (Wildman–Crippen LogP) is 3.16. The van der Waals surface area contributed by atoms with Crippen molar-refractivity contribution >= 4 is 11.9 Å². The lowest BCUT2D eigenvalue weighted by atomic mass is 10.1. The lowest BCUT2D eigenvalue weighted by molar-refractivity contribution is 0.104. The summed E-state index contributed by atoms with van der Waals surface area (Å²) in [6.45, 7) is 0. The molecule has 0 saturated heterocycles. The second-order valence-corrected chi connectivity index (χ2v) is 3.98. The van der Waals surface area contributed by atoms with Crippen molar-refractivity contribution in [3.63, 3.8) is 0 Å². The van der Waals surface area contributed by atoms with Crippen LogP contribution in [0.15, 0.2) is 54.6 Å². The lowest BCUT2D eigenvalue weighted by Crippen LogP contribution is -1.93. The van der Waals surface area contributed by atoms with E-state index in [1.807, 2.05) is 6.07 Å². The second kappa shape index (κ2) is 5.65. The summed E-state index contributed by atoms with van der Waals surface area (Å²) in [6, 6.07) is 15.0. The van der Waals surface area contributed by atoms with Crippen LogP contribution in [0.25, 0.3) is 6.08 Å². The number of nitrogens with zero attached hydrogens (tertiary/aromatic N) is 1. The third kappa shape index (κ3) is 3.30. The van der Waals surface area contributed by atoms with Crippen molar-refractivity contribution in [1.82, 2.24) is 0 Å². The van der Waals surface area contributed by atoms with Gasteiger partial charge in [0.15, 0.2) is 5.78 Å². The van der Waals surface area contributed by atoms with Gasteiger partial charge in [0.05, 0.1) is 11.6 Å². The number of nitriles is 1. The third-order valence-corrected chi connectivity index (χ3v) is 2.62. The summed E-state index contributed by atoms with van der Waals surface area (Å²) in [7, 11) is 0. The van der Waals surface area contributed by atoms with E-state index < -0.39 is 0 Å². The number of rotatable bonds is 3. The molecule has 0 aliphatic rings. The van der Waals surface area contributed by atoms with Crippen molar-refractivity contribution in [3.05, 3.63) is 71.3 Å². The van der Waals surface area contributed by atoms with Crippen molar-refractivity contribution < 1.29 is 9.90 Å². The largest absolute Gasteiger partial charge is 0.508 e. The van der Waals surface area contributed by atoms with E-state index in [0.29, 0.717) is 11.1 Å². The lowest BCUT2D eigenvalue weighted by Gasteiger charge is -1.96. The number of allylic oxidation sites excluding steroid dienone is 1. The van der Waals surface area contributed by atoms with Crippen LogP contribution in [0.1, 0.15) is 21.5 Å². The Hall–Kier alpha value is -2.86. The molecule has 0 radical (unpaired) electrons. The first kappa shape index (κ1) is 12.6. The van der Waals surface area contributed by atoms with E-state index in [9.17, 15) is 4.79 Å². The van der Waals surface area contributed by atoms with Crippen LogP contribution in [0.3, 0.4) is 0 Å². The molecule has 0 unspecified atom stereocenters. The molecule has 0 spiro atoms. The number of carbonyl (C=O) groups is 1. The van der Waals surface area contributed by atoms with Crippen LogP contribution in [-0.4, -0.2) is 10.9 Å². The fourth-order valence-electron chi connectivity index (χ4n) is 1.56. The van der Waals surface area contributed by atoms with Gasteiger partial charge in [-0.1, -0.05) is 18.2 Å². The molecule has 1 N–H and O–H groups in total. The summed E-state index contributed by atoms with van der Waals surface area (Å²) in [4.78, 5) is 11.9. The van der Waals surface area contributed by atoms with E-state index in [1.54, 1.807) is 54.6 Å². The average Bonchev–Trinajstić information content (AvgIpc) is 2.46. The summed E-state index contributed by atoms with van der Waals surface area (Å²) in [5.41, 5.74) is 1.90. The average molecular weight is 249 g/mol. The van der Waals surface area contributed by atoms with Gasteiger partial charge in [-0.3, -0.25) is 4.79 Å². The Labute approximate surface area is 111 Å². The number of aromatic hydroxyl groups is 1. The number of carbonyl (C=O) groups excluding carboxylic acids is 1. The van der Waals surface area contributed by atoms with Crippen molar-refractivity contribution in [1.29, 1.82) is 5.26 Å². The van der Waals surface area contributed by atoms with Crippen LogP contribution in [0, 0.1) is 11.3 Å². The van der Waals surface area contributed by atoms with Gasteiger partial charge in [0.25, 0.3) is 0 Å². The molecule has 0 atom stereocenters. The molecule has 92 valence electrons. The Bertz CT molecular complexity index is 647. The second-order valence-electron chi connectivity index (χ2n) is 3.98. The van der Waals surface area contributed by atoms with E-state index in [4.69, 9.17) is 10.4 Å². The highest BCUT2D eigenvalue weighted by Gasteiger charge is 2.01. The van der Waals surface area contributed by atoms with Gasteiger partial charge in [-0.05, 0) is 48.0 Å². The molecule has 0 bridgehead atoms. The number of phenolic OH excluding ortho intramolecular Hbond substituents is 1. The predicted molar refractivity (Wildman–Crippen MR) is 72.6 cm³/mol. The summed E-state index contributed by atoms with van der Waals surface area (Å²) >= 11 is 0. The number of ketones is 1. The van der Waals surface area contributed by atoms with Crippen LogP contribution in [0.2, 0.25) is 0 Å². The zero-order valence-corrected chi connectivity index (χ0v) is 10.1. The Morgan fingerprint density at radius 3 is 2.26 bits per heavy atom. The smallest absolute Gasteiger partial charge is 0.185 e. The van der Waals surface area contributed by atoms with E-state index in [2.05, 4.69) is 0 Å². The topological polar surface area (TPSA) is 61.1 Å². The van der Waals surface area contributed by atoms with Crippen LogP contribution in [-0.2, 0) is 0 Å². The van der Waals surface area contributed by atoms with Gasteiger partial charge in [-0.25, -0.2) is 0 Å². The molecular weight excluding hydrogens is 238 g/mol. The molecule has 0 aliphatic carbocycles. The molecular formula is C16H11NO2. The van der Waals surface area contributed by atoms with E-state index in [-0.39, 0.29) is 11.5 Å². The molecule has 0 fully saturated rings. The minimum absolute atomic E-state index is 0.127. The number of hydrogen-bond acceptors (Lipinski definition) is 3. The highest BCUT2D eigenvalue weighted by Crippen LogP contribution is 2.12. The normalized spacial score (nSPS) is 10.3. The molecule has 0 amide bonds. The standard InChI is InChI=1S/C16H11NO2/c17-11-13-1-6-14(7-2-13)16(19)10-5-12-3-8-15(18)9-4-12/h1-10,18H/b10-5+. The molecule has 0 aliphatic heterocycles. The number of phenols is 1. The number of hydrogen-bond donors (Lipinski definition) is 1. The SMILES string of the molecule is N#Cc1ccc(C(=O)/C=C/c2ccc(O)cc2)cc1. The number of benzene rings is 2. The third-order valence-electron chi connectivity index (χ3n) is 2.62. The van der Waals surface area contributed by atoms with Crippen molar-refractivity contribution in [2.45, 2.75) is 0 Å². The molecule has 2 aromatic rings. The fourth-order valence-corrected chi connectivity index (χ4v) is 1.56. The Balaban J connectivity index is 2.12. The van der Waals surface area contributed by atoms with Gasteiger partial charge in [-0.15, -0.1) is 0 Å². The molecule has 2 aromatic carbocycles. The van der Waals surface area contributed by atoms with Gasteiger partial charge in [0, 0.05) is 5.56 Å². The van der Waals surface area contributed by atoms with Gasteiger partial charge in [0.2, 0.25) is 0 Å². The summed E-state index contributed by atoms with van der Waals surface area (Å²) < 4.78 is 0. The van der Waals surface area contributed by atoms with Crippen LogP contribution < -0.4 is 0 Å². The van der Waals surface area contributed by atoms with E-state index >= 15 is 0 Å². The highest BCUT2D eigenvalue weighted by molar-refractivity contribution is 6.06. The van der Waals surface area contributed by atoms with E-state index in [1.165, 1.54) is 6.08 Å². The molecule has 0 heterocycles. The maximum atomic E-state index is 11.9. The monoisotopic (exact) mass is 249 g/mol. The maximum absolute atomic E-state index is 11.9. The van der Waals surface area contributed by atoms with Gasteiger partial charge in [-0.2, -0.15) is 5.26 Å². The zero-order valence-electron chi connectivity index (χ0n) is 10.1. The van der Waals surface area contributed by atoms with Crippen LogP contribution in [0.4, 0.5) is 0 Å². The van der Waals surface area contributed by atoms with Crippen molar-refractivity contribution in [2.24, 2.45) is 0 Å². The van der Waals surface area contributed by atoms with Crippen molar-refractivity contribution in [2.75, 3.05) is 0 Å². The Morgan fingerprint density at radius 2 is 1.68 bits per heavy atom. The molecule has 0 aromatic heterocycles. The van der Waals surface area contributed by atoms with Crippen LogP contribution >= 0.6 is 0 Å². The minimum atomic E-state index is -0.127. The first-order valence-electron chi connectivity index (χ1n) is 5.70.